The zero-order chi connectivity index (χ0) is 24.0. The highest BCUT2D eigenvalue weighted by Gasteiger charge is 2.30. The molecule has 3 heterocycles. The SMILES string of the molecule is O=C(O)CC(c1ccc(N2CCOCC2)cc1)C1CCC(CCc2ccc3c(n2)NCCC3)CC1. The van der Waals surface area contributed by atoms with E-state index in [-0.39, 0.29) is 12.3 Å². The van der Waals surface area contributed by atoms with Gasteiger partial charge in [0.05, 0.1) is 19.6 Å². The van der Waals surface area contributed by atoms with Crippen LogP contribution < -0.4 is 10.2 Å². The highest BCUT2D eigenvalue weighted by Crippen LogP contribution is 2.41. The third kappa shape index (κ3) is 6.16. The van der Waals surface area contributed by atoms with Crippen molar-refractivity contribution in [3.05, 3.63) is 53.2 Å². The van der Waals surface area contributed by atoms with Gasteiger partial charge >= 0.3 is 5.97 Å². The smallest absolute Gasteiger partial charge is 0.303 e. The lowest BCUT2D eigenvalue weighted by atomic mass is 9.71. The average molecular weight is 478 g/mol. The summed E-state index contributed by atoms with van der Waals surface area (Å²) >= 11 is 0. The topological polar surface area (TPSA) is 74.7 Å². The maximum atomic E-state index is 11.7. The molecule has 1 saturated heterocycles. The molecule has 2 aliphatic heterocycles. The van der Waals surface area contributed by atoms with E-state index >= 15 is 0 Å². The van der Waals surface area contributed by atoms with Crippen LogP contribution in [0.3, 0.4) is 0 Å². The molecule has 1 saturated carbocycles. The zero-order valence-corrected chi connectivity index (χ0v) is 20.8. The molecule has 1 unspecified atom stereocenters. The summed E-state index contributed by atoms with van der Waals surface area (Å²) in [5.74, 6) is 1.66. The first kappa shape index (κ1) is 24.1. The minimum absolute atomic E-state index is 0.0978. The van der Waals surface area contributed by atoms with E-state index < -0.39 is 5.97 Å². The quantitative estimate of drug-likeness (QED) is 0.539. The van der Waals surface area contributed by atoms with Crippen molar-refractivity contribution in [2.24, 2.45) is 11.8 Å². The van der Waals surface area contributed by atoms with E-state index in [4.69, 9.17) is 9.72 Å². The number of nitrogens with one attached hydrogen (secondary N) is 1. The molecule has 5 rings (SSSR count). The number of hydrogen-bond acceptors (Lipinski definition) is 5. The van der Waals surface area contributed by atoms with E-state index in [1.807, 2.05) is 0 Å². The Labute approximate surface area is 209 Å². The number of rotatable bonds is 8. The van der Waals surface area contributed by atoms with Gasteiger partial charge < -0.3 is 20.1 Å². The lowest BCUT2D eigenvalue weighted by Crippen LogP contribution is -2.36. The van der Waals surface area contributed by atoms with Gasteiger partial charge in [-0.1, -0.05) is 31.0 Å². The standard InChI is InChI=1S/C29H39N3O3/c33-28(34)20-27(23-9-13-26(14-10-23)32-16-18-35-19-17-32)22-6-3-21(4-7-22)5-11-25-12-8-24-2-1-15-30-29(24)31-25/h8-10,12-14,21-22,27H,1-7,11,15-20H2,(H,30,31)(H,33,34). The number of anilines is 2. The molecule has 2 N–H and O–H groups in total. The van der Waals surface area contributed by atoms with Crippen molar-refractivity contribution in [2.75, 3.05) is 43.1 Å². The summed E-state index contributed by atoms with van der Waals surface area (Å²) in [5.41, 5.74) is 4.94. The summed E-state index contributed by atoms with van der Waals surface area (Å²) in [6.07, 6.45) is 9.37. The zero-order valence-electron chi connectivity index (χ0n) is 20.8. The predicted octanol–water partition coefficient (Wildman–Crippen LogP) is 5.27. The van der Waals surface area contributed by atoms with E-state index in [0.717, 1.165) is 64.3 Å². The minimum atomic E-state index is -0.693. The van der Waals surface area contributed by atoms with Gasteiger partial charge in [-0.3, -0.25) is 4.79 Å². The Morgan fingerprint density at radius 3 is 2.60 bits per heavy atom. The molecule has 0 amide bonds. The van der Waals surface area contributed by atoms with Crippen LogP contribution in [0.2, 0.25) is 0 Å². The molecule has 188 valence electrons. The molecule has 0 spiro atoms. The summed E-state index contributed by atoms with van der Waals surface area (Å²) in [6.45, 7) is 4.40. The van der Waals surface area contributed by atoms with Crippen LogP contribution in [-0.2, 0) is 22.4 Å². The van der Waals surface area contributed by atoms with Crippen LogP contribution in [0.4, 0.5) is 11.5 Å². The monoisotopic (exact) mass is 477 g/mol. The van der Waals surface area contributed by atoms with Crippen molar-refractivity contribution < 1.29 is 14.6 Å². The van der Waals surface area contributed by atoms with Crippen LogP contribution in [0.15, 0.2) is 36.4 Å². The molecular weight excluding hydrogens is 438 g/mol. The van der Waals surface area contributed by atoms with Gasteiger partial charge in [-0.2, -0.15) is 0 Å². The second-order valence-corrected chi connectivity index (χ2v) is 10.6. The minimum Gasteiger partial charge on any atom is -0.481 e. The number of carbonyl (C=O) groups is 1. The Morgan fingerprint density at radius 1 is 1.09 bits per heavy atom. The number of aryl methyl sites for hydroxylation is 2. The van der Waals surface area contributed by atoms with E-state index in [1.165, 1.54) is 48.2 Å². The van der Waals surface area contributed by atoms with Crippen molar-refractivity contribution >= 4 is 17.5 Å². The van der Waals surface area contributed by atoms with E-state index in [2.05, 4.69) is 46.6 Å². The van der Waals surface area contributed by atoms with Crippen LogP contribution in [0.25, 0.3) is 0 Å². The second-order valence-electron chi connectivity index (χ2n) is 10.6. The Hall–Kier alpha value is -2.60. The molecule has 2 aromatic rings. The largest absolute Gasteiger partial charge is 0.481 e. The van der Waals surface area contributed by atoms with Gasteiger partial charge in [0, 0.05) is 31.0 Å². The fraction of sp³-hybridized carbons (Fsp3) is 0.586. The van der Waals surface area contributed by atoms with E-state index in [9.17, 15) is 9.90 Å². The first-order valence-corrected chi connectivity index (χ1v) is 13.5. The molecule has 0 radical (unpaired) electrons. The number of hydrogen-bond donors (Lipinski definition) is 2. The number of ether oxygens (including phenoxy) is 1. The van der Waals surface area contributed by atoms with Gasteiger partial charge in [0.25, 0.3) is 0 Å². The summed E-state index contributed by atoms with van der Waals surface area (Å²) in [6, 6.07) is 13.1. The molecule has 3 aliphatic rings. The van der Waals surface area contributed by atoms with E-state index in [1.54, 1.807) is 0 Å². The average Bonchev–Trinajstić information content (AvgIpc) is 2.91. The number of morpholine rings is 1. The van der Waals surface area contributed by atoms with Gasteiger partial charge in [0.1, 0.15) is 5.82 Å². The number of carboxylic acids is 1. The lowest BCUT2D eigenvalue weighted by molar-refractivity contribution is -0.137. The number of benzene rings is 1. The Bertz CT molecular complexity index is 979. The van der Waals surface area contributed by atoms with Crippen molar-refractivity contribution in [1.29, 1.82) is 0 Å². The normalized spacial score (nSPS) is 23.3. The van der Waals surface area contributed by atoms with E-state index in [0.29, 0.717) is 11.8 Å². The number of aromatic nitrogens is 1. The summed E-state index contributed by atoms with van der Waals surface area (Å²) in [5, 5.41) is 13.1. The molecule has 1 aromatic carbocycles. The number of carboxylic acid groups (broad SMARTS) is 1. The third-order valence-electron chi connectivity index (χ3n) is 8.31. The van der Waals surface area contributed by atoms with Gasteiger partial charge in [-0.05, 0) is 85.6 Å². The highest BCUT2D eigenvalue weighted by atomic mass is 16.5. The van der Waals surface area contributed by atoms with Crippen LogP contribution >= 0.6 is 0 Å². The molecule has 6 nitrogen and oxygen atoms in total. The molecule has 1 aliphatic carbocycles. The molecule has 0 bridgehead atoms. The Morgan fingerprint density at radius 2 is 1.86 bits per heavy atom. The highest BCUT2D eigenvalue weighted by molar-refractivity contribution is 5.68. The van der Waals surface area contributed by atoms with Crippen LogP contribution in [0.5, 0.6) is 0 Å². The fourth-order valence-electron chi connectivity index (χ4n) is 6.24. The number of fused-ring (bicyclic) bond motifs is 1. The maximum Gasteiger partial charge on any atom is 0.303 e. The van der Waals surface area contributed by atoms with Crippen LogP contribution in [0.1, 0.15) is 67.7 Å². The summed E-state index contributed by atoms with van der Waals surface area (Å²) < 4.78 is 5.47. The van der Waals surface area contributed by atoms with Gasteiger partial charge in [-0.25, -0.2) is 4.98 Å². The van der Waals surface area contributed by atoms with Crippen molar-refractivity contribution in [3.8, 4) is 0 Å². The van der Waals surface area contributed by atoms with Crippen molar-refractivity contribution in [2.45, 2.75) is 63.7 Å². The number of nitrogens with zero attached hydrogens (tertiary/aromatic N) is 2. The number of pyridine rings is 1. The van der Waals surface area contributed by atoms with Gasteiger partial charge in [0.15, 0.2) is 0 Å². The van der Waals surface area contributed by atoms with Crippen molar-refractivity contribution in [1.82, 2.24) is 4.98 Å². The van der Waals surface area contributed by atoms with Gasteiger partial charge in [-0.15, -0.1) is 0 Å². The Kier molecular flexibility index (Phi) is 7.87. The molecule has 6 heteroatoms. The van der Waals surface area contributed by atoms with Crippen molar-refractivity contribution in [3.63, 3.8) is 0 Å². The number of aliphatic carboxylic acids is 1. The van der Waals surface area contributed by atoms with Crippen LogP contribution in [-0.4, -0.2) is 48.9 Å². The van der Waals surface area contributed by atoms with Gasteiger partial charge in [0.2, 0.25) is 0 Å². The molecule has 1 atom stereocenters. The lowest BCUT2D eigenvalue weighted by Gasteiger charge is -2.34. The molecule has 35 heavy (non-hydrogen) atoms. The third-order valence-corrected chi connectivity index (χ3v) is 8.31. The molecule has 1 aromatic heterocycles. The Balaban J connectivity index is 1.16. The molecule has 2 fully saturated rings. The van der Waals surface area contributed by atoms with Crippen LogP contribution in [0, 0.1) is 11.8 Å². The second kappa shape index (κ2) is 11.4. The summed E-state index contributed by atoms with van der Waals surface area (Å²) in [7, 11) is 0. The predicted molar refractivity (Wildman–Crippen MR) is 139 cm³/mol. The maximum absolute atomic E-state index is 11.7. The molecular formula is C29H39N3O3. The first-order chi connectivity index (χ1) is 17.2. The first-order valence-electron chi connectivity index (χ1n) is 13.5. The fourth-order valence-corrected chi connectivity index (χ4v) is 6.24. The summed E-state index contributed by atoms with van der Waals surface area (Å²) in [4.78, 5) is 18.9.